The predicted molar refractivity (Wildman–Crippen MR) is 99.0 cm³/mol. The van der Waals surface area contributed by atoms with Gasteiger partial charge in [-0.2, -0.15) is 0 Å². The molecular formula is C21H26N2O3. The van der Waals surface area contributed by atoms with Gasteiger partial charge in [-0.05, 0) is 48.2 Å². The number of hydrogen-bond acceptors (Lipinski definition) is 5. The van der Waals surface area contributed by atoms with E-state index in [1.54, 1.807) is 7.11 Å². The SMILES string of the molecule is COc1ccc(CN2CCO[C@H]3[C@H](OCc4ccncc4)CC[C@@H]32)cc1. The maximum atomic E-state index is 6.19. The highest BCUT2D eigenvalue weighted by Crippen LogP contribution is 2.33. The number of aromatic nitrogens is 1. The first-order valence-electron chi connectivity index (χ1n) is 9.32. The summed E-state index contributed by atoms with van der Waals surface area (Å²) in [7, 11) is 1.70. The molecule has 3 atom stereocenters. The number of benzene rings is 1. The molecular weight excluding hydrogens is 328 g/mol. The minimum atomic E-state index is 0.170. The van der Waals surface area contributed by atoms with Crippen LogP contribution in [0.15, 0.2) is 48.8 Å². The van der Waals surface area contributed by atoms with Gasteiger partial charge in [0.1, 0.15) is 5.75 Å². The van der Waals surface area contributed by atoms with Crippen LogP contribution in [0.3, 0.4) is 0 Å². The van der Waals surface area contributed by atoms with Crippen LogP contribution in [-0.2, 0) is 22.6 Å². The Labute approximate surface area is 154 Å². The quantitative estimate of drug-likeness (QED) is 0.798. The summed E-state index contributed by atoms with van der Waals surface area (Å²) in [5, 5.41) is 0. The molecule has 0 amide bonds. The molecule has 5 heteroatoms. The summed E-state index contributed by atoms with van der Waals surface area (Å²) in [6, 6.07) is 12.8. The molecule has 5 nitrogen and oxygen atoms in total. The lowest BCUT2D eigenvalue weighted by molar-refractivity contribution is -0.118. The Kier molecular flexibility index (Phi) is 5.48. The fraction of sp³-hybridized carbons (Fsp3) is 0.476. The molecule has 26 heavy (non-hydrogen) atoms. The van der Waals surface area contributed by atoms with E-state index in [0.717, 1.165) is 43.9 Å². The minimum absolute atomic E-state index is 0.170. The fourth-order valence-corrected chi connectivity index (χ4v) is 4.01. The summed E-state index contributed by atoms with van der Waals surface area (Å²) >= 11 is 0. The van der Waals surface area contributed by atoms with Gasteiger partial charge in [-0.3, -0.25) is 9.88 Å². The van der Waals surface area contributed by atoms with E-state index in [1.807, 2.05) is 36.7 Å². The number of pyridine rings is 1. The number of nitrogens with zero attached hydrogens (tertiary/aromatic N) is 2. The van der Waals surface area contributed by atoms with Gasteiger partial charge in [-0.25, -0.2) is 0 Å². The highest BCUT2D eigenvalue weighted by Gasteiger charge is 2.43. The molecule has 0 spiro atoms. The lowest BCUT2D eigenvalue weighted by Crippen LogP contribution is -2.51. The van der Waals surface area contributed by atoms with Crippen LogP contribution < -0.4 is 4.74 Å². The van der Waals surface area contributed by atoms with E-state index in [2.05, 4.69) is 22.0 Å². The van der Waals surface area contributed by atoms with Gasteiger partial charge in [-0.15, -0.1) is 0 Å². The van der Waals surface area contributed by atoms with E-state index in [9.17, 15) is 0 Å². The second-order valence-corrected chi connectivity index (χ2v) is 7.00. The van der Waals surface area contributed by atoms with Crippen LogP contribution in [-0.4, -0.2) is 48.4 Å². The highest BCUT2D eigenvalue weighted by molar-refractivity contribution is 5.27. The first kappa shape index (κ1) is 17.5. The lowest BCUT2D eigenvalue weighted by Gasteiger charge is -2.39. The summed E-state index contributed by atoms with van der Waals surface area (Å²) < 4.78 is 17.6. The molecule has 138 valence electrons. The van der Waals surface area contributed by atoms with Gasteiger partial charge in [0.15, 0.2) is 0 Å². The summed E-state index contributed by atoms with van der Waals surface area (Å²) in [6.07, 6.45) is 6.14. The number of fused-ring (bicyclic) bond motifs is 1. The molecule has 0 bridgehead atoms. The molecule has 1 aromatic heterocycles. The van der Waals surface area contributed by atoms with Crippen LogP contribution in [0.5, 0.6) is 5.75 Å². The Morgan fingerprint density at radius 2 is 1.88 bits per heavy atom. The molecule has 0 unspecified atom stereocenters. The number of methoxy groups -OCH3 is 1. The second kappa shape index (κ2) is 8.16. The normalized spacial score (nSPS) is 25.8. The minimum Gasteiger partial charge on any atom is -0.497 e. The van der Waals surface area contributed by atoms with Crippen molar-refractivity contribution in [2.75, 3.05) is 20.3 Å². The topological polar surface area (TPSA) is 43.8 Å². The van der Waals surface area contributed by atoms with Gasteiger partial charge in [0.05, 0.1) is 32.5 Å². The van der Waals surface area contributed by atoms with Crippen molar-refractivity contribution in [3.8, 4) is 5.75 Å². The van der Waals surface area contributed by atoms with Crippen molar-refractivity contribution in [3.63, 3.8) is 0 Å². The molecule has 1 aliphatic carbocycles. The highest BCUT2D eigenvalue weighted by atomic mass is 16.5. The zero-order valence-corrected chi connectivity index (χ0v) is 15.2. The van der Waals surface area contributed by atoms with Crippen molar-refractivity contribution in [2.45, 2.75) is 44.2 Å². The number of hydrogen-bond donors (Lipinski definition) is 0. The molecule has 2 heterocycles. The average molecular weight is 354 g/mol. The molecule has 2 aliphatic rings. The Morgan fingerprint density at radius 1 is 1.08 bits per heavy atom. The number of rotatable bonds is 6. The van der Waals surface area contributed by atoms with Crippen LogP contribution in [0.1, 0.15) is 24.0 Å². The van der Waals surface area contributed by atoms with Gasteiger partial charge < -0.3 is 14.2 Å². The molecule has 1 aliphatic heterocycles. The van der Waals surface area contributed by atoms with E-state index >= 15 is 0 Å². The summed E-state index contributed by atoms with van der Waals surface area (Å²) in [5.41, 5.74) is 2.47. The molecule has 0 radical (unpaired) electrons. The van der Waals surface area contributed by atoms with Gasteiger partial charge in [0, 0.05) is 31.5 Å². The van der Waals surface area contributed by atoms with Crippen molar-refractivity contribution < 1.29 is 14.2 Å². The first-order valence-corrected chi connectivity index (χ1v) is 9.32. The first-order chi connectivity index (χ1) is 12.8. The van der Waals surface area contributed by atoms with Gasteiger partial charge >= 0.3 is 0 Å². The number of ether oxygens (including phenoxy) is 3. The van der Waals surface area contributed by atoms with Crippen molar-refractivity contribution in [1.82, 2.24) is 9.88 Å². The number of morpholine rings is 1. The maximum Gasteiger partial charge on any atom is 0.118 e. The van der Waals surface area contributed by atoms with Crippen LogP contribution in [0.25, 0.3) is 0 Å². The third-order valence-electron chi connectivity index (χ3n) is 5.41. The molecule has 0 N–H and O–H groups in total. The Hall–Kier alpha value is -1.95. The van der Waals surface area contributed by atoms with E-state index in [4.69, 9.17) is 14.2 Å². The summed E-state index contributed by atoms with van der Waals surface area (Å²) in [4.78, 5) is 6.60. The van der Waals surface area contributed by atoms with E-state index in [1.165, 1.54) is 5.56 Å². The average Bonchev–Trinajstić information content (AvgIpc) is 3.12. The van der Waals surface area contributed by atoms with Crippen molar-refractivity contribution in [1.29, 1.82) is 0 Å². The zero-order valence-electron chi connectivity index (χ0n) is 15.2. The van der Waals surface area contributed by atoms with Crippen LogP contribution in [0.4, 0.5) is 0 Å². The van der Waals surface area contributed by atoms with Crippen LogP contribution >= 0.6 is 0 Å². The van der Waals surface area contributed by atoms with Crippen LogP contribution in [0, 0.1) is 0 Å². The van der Waals surface area contributed by atoms with Crippen molar-refractivity contribution in [3.05, 3.63) is 59.9 Å². The van der Waals surface area contributed by atoms with Crippen LogP contribution in [0.2, 0.25) is 0 Å². The Balaban J connectivity index is 1.36. The summed E-state index contributed by atoms with van der Waals surface area (Å²) in [5.74, 6) is 0.902. The fourth-order valence-electron chi connectivity index (χ4n) is 4.01. The maximum absolute atomic E-state index is 6.19. The Bertz CT molecular complexity index is 692. The van der Waals surface area contributed by atoms with Gasteiger partial charge in [-0.1, -0.05) is 12.1 Å². The third-order valence-corrected chi connectivity index (χ3v) is 5.41. The van der Waals surface area contributed by atoms with Gasteiger partial charge in [0.25, 0.3) is 0 Å². The smallest absolute Gasteiger partial charge is 0.118 e. The summed E-state index contributed by atoms with van der Waals surface area (Å²) in [6.45, 7) is 3.32. The third kappa shape index (κ3) is 3.90. The predicted octanol–water partition coefficient (Wildman–Crippen LogP) is 3.04. The van der Waals surface area contributed by atoms with Gasteiger partial charge in [0.2, 0.25) is 0 Å². The molecule has 2 fully saturated rings. The molecule has 1 aromatic carbocycles. The lowest BCUT2D eigenvalue weighted by atomic mass is 10.1. The standard InChI is InChI=1S/C21H26N2O3/c1-24-18-4-2-16(3-5-18)14-23-12-13-25-21-19(23)6-7-20(21)26-15-17-8-10-22-11-9-17/h2-5,8-11,19-21H,6-7,12-15H2,1H3/t19-,20+,21+/m0/s1. The van der Waals surface area contributed by atoms with Crippen molar-refractivity contribution >= 4 is 0 Å². The van der Waals surface area contributed by atoms with E-state index < -0.39 is 0 Å². The Morgan fingerprint density at radius 3 is 2.65 bits per heavy atom. The molecule has 4 rings (SSSR count). The van der Waals surface area contributed by atoms with Crippen molar-refractivity contribution in [2.24, 2.45) is 0 Å². The largest absolute Gasteiger partial charge is 0.497 e. The second-order valence-electron chi connectivity index (χ2n) is 7.00. The monoisotopic (exact) mass is 354 g/mol. The van der Waals surface area contributed by atoms with E-state index in [0.29, 0.717) is 12.6 Å². The van der Waals surface area contributed by atoms with E-state index in [-0.39, 0.29) is 12.2 Å². The molecule has 1 saturated carbocycles. The molecule has 1 saturated heterocycles. The zero-order chi connectivity index (χ0) is 17.8. The molecule has 2 aromatic rings.